The van der Waals surface area contributed by atoms with Crippen molar-refractivity contribution in [3.63, 3.8) is 0 Å². The molecule has 186 valence electrons. The lowest BCUT2D eigenvalue weighted by atomic mass is 10.2. The topological polar surface area (TPSA) is 115 Å². The highest BCUT2D eigenvalue weighted by Crippen LogP contribution is 2.22. The first kappa shape index (κ1) is 27.0. The minimum atomic E-state index is -0.972. The molecule has 34 heavy (non-hydrogen) atoms. The van der Waals surface area contributed by atoms with Crippen molar-refractivity contribution < 1.29 is 23.9 Å². The number of benzene rings is 1. The maximum Gasteiger partial charge on any atom is 0.251 e. The second kappa shape index (κ2) is 13.5. The molecule has 4 N–H and O–H groups in total. The molecule has 8 nitrogen and oxygen atoms in total. The van der Waals surface area contributed by atoms with Gasteiger partial charge in [-0.2, -0.15) is 0 Å². The second-order valence-corrected chi connectivity index (χ2v) is 8.40. The van der Waals surface area contributed by atoms with E-state index in [0.717, 1.165) is 43.6 Å². The fraction of sp³-hybridized carbons (Fsp3) is 0.480. The Morgan fingerprint density at radius 3 is 2.53 bits per heavy atom. The molecule has 0 bridgehead atoms. The van der Waals surface area contributed by atoms with E-state index in [1.165, 1.54) is 29.1 Å². The number of hydrogen-bond acceptors (Lipinski definition) is 4. The van der Waals surface area contributed by atoms with Crippen LogP contribution in [0.3, 0.4) is 0 Å². The Labute approximate surface area is 199 Å². The molecular weight excluding hydrogens is 439 g/mol. The zero-order chi connectivity index (χ0) is 25.1. The number of anilines is 1. The van der Waals surface area contributed by atoms with Gasteiger partial charge in [0.15, 0.2) is 0 Å². The number of hydrogen-bond donors (Lipinski definition) is 4. The molecule has 1 atom stereocenters. The second-order valence-electron chi connectivity index (χ2n) is 8.40. The van der Waals surface area contributed by atoms with Crippen LogP contribution in [0, 0.1) is 19.7 Å². The van der Waals surface area contributed by atoms with Crippen molar-refractivity contribution in [2.24, 2.45) is 0 Å². The summed E-state index contributed by atoms with van der Waals surface area (Å²) in [6.45, 7) is 8.23. The van der Waals surface area contributed by atoms with Crippen LogP contribution >= 0.6 is 0 Å². The van der Waals surface area contributed by atoms with Gasteiger partial charge in [0.25, 0.3) is 5.91 Å². The standard InChI is InChI=1S/C9H16N2O3.C8H6FNO.C8H13N/c12-7-10-4-3-8(13)9(14)11-5-1-2-6-11;9-6-1-2-7-5(3-6)4-8(11)10-7;1-4-8-6(2)5-7(3)9-8/h7-8,13H,1-6H2,(H,10,12);1-3H,4H2,(H,10,11);5,9H,4H2,1-3H3/t8-;;/m0../s1. The zero-order valence-corrected chi connectivity index (χ0v) is 20.1. The van der Waals surface area contributed by atoms with Gasteiger partial charge in [-0.25, -0.2) is 4.39 Å². The van der Waals surface area contributed by atoms with Crippen LogP contribution in [0.4, 0.5) is 10.1 Å². The number of carbonyl (C=O) groups excluding carboxylic acids is 3. The first-order chi connectivity index (χ1) is 16.2. The predicted molar refractivity (Wildman–Crippen MR) is 129 cm³/mol. The molecule has 0 aliphatic carbocycles. The summed E-state index contributed by atoms with van der Waals surface area (Å²) in [6.07, 6.45) is 3.32. The molecule has 2 aliphatic heterocycles. The van der Waals surface area contributed by atoms with Gasteiger partial charge < -0.3 is 25.6 Å². The number of rotatable bonds is 6. The van der Waals surface area contributed by atoms with Crippen molar-refractivity contribution in [3.8, 4) is 0 Å². The van der Waals surface area contributed by atoms with Crippen molar-refractivity contribution in [1.82, 2.24) is 15.2 Å². The van der Waals surface area contributed by atoms with E-state index in [1.54, 1.807) is 11.0 Å². The summed E-state index contributed by atoms with van der Waals surface area (Å²) in [5, 5.41) is 14.5. The summed E-state index contributed by atoms with van der Waals surface area (Å²) in [5.41, 5.74) is 5.50. The molecule has 3 heterocycles. The number of nitrogens with zero attached hydrogens (tertiary/aromatic N) is 1. The van der Waals surface area contributed by atoms with Gasteiger partial charge in [0, 0.05) is 36.7 Å². The number of carbonyl (C=O) groups is 3. The summed E-state index contributed by atoms with van der Waals surface area (Å²) >= 11 is 0. The number of aliphatic hydroxyl groups excluding tert-OH is 1. The Hall–Kier alpha value is -3.20. The molecule has 1 aromatic carbocycles. The highest BCUT2D eigenvalue weighted by Gasteiger charge is 2.24. The van der Waals surface area contributed by atoms with Gasteiger partial charge in [-0.3, -0.25) is 14.4 Å². The van der Waals surface area contributed by atoms with Gasteiger partial charge in [0.05, 0.1) is 6.42 Å². The van der Waals surface area contributed by atoms with E-state index < -0.39 is 6.10 Å². The smallest absolute Gasteiger partial charge is 0.251 e. The minimum Gasteiger partial charge on any atom is -0.383 e. The van der Waals surface area contributed by atoms with Crippen LogP contribution < -0.4 is 10.6 Å². The molecule has 0 saturated carbocycles. The molecule has 0 spiro atoms. The monoisotopic (exact) mass is 474 g/mol. The lowest BCUT2D eigenvalue weighted by Crippen LogP contribution is -2.38. The first-order valence-electron chi connectivity index (χ1n) is 11.6. The third-order valence-corrected chi connectivity index (χ3v) is 5.65. The van der Waals surface area contributed by atoms with Gasteiger partial charge in [0.2, 0.25) is 12.3 Å². The summed E-state index contributed by atoms with van der Waals surface area (Å²) in [5.74, 6) is -0.568. The molecule has 0 unspecified atom stereocenters. The Morgan fingerprint density at radius 1 is 1.26 bits per heavy atom. The van der Waals surface area contributed by atoms with Crippen molar-refractivity contribution >= 4 is 23.9 Å². The predicted octanol–water partition coefficient (Wildman–Crippen LogP) is 2.62. The lowest BCUT2D eigenvalue weighted by Gasteiger charge is -2.19. The van der Waals surface area contributed by atoms with E-state index in [9.17, 15) is 23.9 Å². The molecule has 0 radical (unpaired) electrons. The number of halogens is 1. The Balaban J connectivity index is 0.000000185. The van der Waals surface area contributed by atoms with Gasteiger partial charge in [0.1, 0.15) is 11.9 Å². The molecular formula is C25H35FN4O4. The van der Waals surface area contributed by atoms with E-state index >= 15 is 0 Å². The van der Waals surface area contributed by atoms with E-state index in [1.807, 2.05) is 0 Å². The van der Waals surface area contributed by atoms with Gasteiger partial charge in [-0.1, -0.05) is 6.92 Å². The van der Waals surface area contributed by atoms with Crippen molar-refractivity contribution in [3.05, 3.63) is 52.6 Å². The normalized spacial score (nSPS) is 14.7. The zero-order valence-electron chi connectivity index (χ0n) is 20.1. The van der Waals surface area contributed by atoms with Gasteiger partial charge in [-0.05, 0) is 74.9 Å². The van der Waals surface area contributed by atoms with Crippen LogP contribution in [-0.4, -0.2) is 59.0 Å². The molecule has 1 fully saturated rings. The number of nitrogens with one attached hydrogen (secondary N) is 3. The maximum absolute atomic E-state index is 12.5. The SMILES string of the molecule is CCc1[nH]c(C)cc1C.O=C1Cc2cc(F)ccc2N1.O=CNCC[C@H](O)C(=O)N1CCCC1. The molecule has 1 aromatic heterocycles. The number of aryl methyl sites for hydroxylation is 3. The quantitative estimate of drug-likeness (QED) is 0.381. The highest BCUT2D eigenvalue weighted by atomic mass is 19.1. The fourth-order valence-electron chi connectivity index (χ4n) is 3.90. The van der Waals surface area contributed by atoms with Gasteiger partial charge >= 0.3 is 0 Å². The van der Waals surface area contributed by atoms with E-state index in [2.05, 4.69) is 42.5 Å². The number of amides is 3. The molecule has 2 aromatic rings. The van der Waals surface area contributed by atoms with Crippen LogP contribution in [0.25, 0.3) is 0 Å². The maximum atomic E-state index is 12.5. The van der Waals surface area contributed by atoms with Crippen molar-refractivity contribution in [1.29, 1.82) is 0 Å². The largest absolute Gasteiger partial charge is 0.383 e. The third kappa shape index (κ3) is 8.30. The average molecular weight is 475 g/mol. The van der Waals surface area contributed by atoms with E-state index in [-0.39, 0.29) is 24.1 Å². The third-order valence-electron chi connectivity index (χ3n) is 5.65. The van der Waals surface area contributed by atoms with Crippen molar-refractivity contribution in [2.75, 3.05) is 25.0 Å². The average Bonchev–Trinajstić information content (AvgIpc) is 3.53. The number of likely N-dealkylation sites (tertiary alicyclic amines) is 1. The fourth-order valence-corrected chi connectivity index (χ4v) is 3.90. The lowest BCUT2D eigenvalue weighted by molar-refractivity contribution is -0.139. The van der Waals surface area contributed by atoms with E-state index in [0.29, 0.717) is 19.4 Å². The summed E-state index contributed by atoms with van der Waals surface area (Å²) < 4.78 is 12.5. The van der Waals surface area contributed by atoms with Crippen molar-refractivity contribution in [2.45, 2.75) is 59.0 Å². The van der Waals surface area contributed by atoms with E-state index in [4.69, 9.17) is 0 Å². The Bertz CT molecular complexity index is 970. The number of aromatic amines is 1. The number of aliphatic hydroxyl groups is 1. The Kier molecular flexibility index (Phi) is 10.7. The number of aromatic nitrogens is 1. The van der Waals surface area contributed by atoms with Crippen LogP contribution in [0.2, 0.25) is 0 Å². The summed E-state index contributed by atoms with van der Waals surface area (Å²) in [4.78, 5) is 37.2. The Morgan fingerprint density at radius 2 is 1.97 bits per heavy atom. The minimum absolute atomic E-state index is 0.0643. The molecule has 1 saturated heterocycles. The molecule has 4 rings (SSSR count). The number of H-pyrrole nitrogens is 1. The highest BCUT2D eigenvalue weighted by molar-refractivity contribution is 5.99. The van der Waals surface area contributed by atoms with Gasteiger partial charge in [-0.15, -0.1) is 0 Å². The molecule has 9 heteroatoms. The van der Waals surface area contributed by atoms with Crippen LogP contribution in [0.5, 0.6) is 0 Å². The molecule has 2 aliphatic rings. The van der Waals surface area contributed by atoms with Crippen LogP contribution in [0.1, 0.15) is 48.7 Å². The molecule has 3 amide bonds. The number of fused-ring (bicyclic) bond motifs is 1. The summed E-state index contributed by atoms with van der Waals surface area (Å²) in [7, 11) is 0. The summed E-state index contributed by atoms with van der Waals surface area (Å²) in [6, 6.07) is 6.48. The first-order valence-corrected chi connectivity index (χ1v) is 11.6. The van der Waals surface area contributed by atoms with Crippen LogP contribution in [0.15, 0.2) is 24.3 Å². The van der Waals surface area contributed by atoms with Crippen LogP contribution in [-0.2, 0) is 27.2 Å².